The minimum absolute atomic E-state index is 0.0688. The molecule has 1 aromatic heterocycles. The molecule has 2 unspecified atom stereocenters. The molecule has 17 heavy (non-hydrogen) atoms. The van der Waals surface area contributed by atoms with E-state index in [-0.39, 0.29) is 24.3 Å². The van der Waals surface area contributed by atoms with Gasteiger partial charge in [0.25, 0.3) is 0 Å². The van der Waals surface area contributed by atoms with E-state index in [1.54, 1.807) is 6.07 Å². The number of aliphatic hydroxyl groups excluding tert-OH is 1. The lowest BCUT2D eigenvalue weighted by Gasteiger charge is -2.19. The van der Waals surface area contributed by atoms with Gasteiger partial charge in [-0.15, -0.1) is 10.2 Å². The topological polar surface area (TPSA) is 95.3 Å². The molecule has 6 nitrogen and oxygen atoms in total. The number of carboxylic acids is 1. The van der Waals surface area contributed by atoms with Crippen LogP contribution in [0.5, 0.6) is 0 Å². The first kappa shape index (κ1) is 11.8. The lowest BCUT2D eigenvalue weighted by Crippen LogP contribution is -2.27. The number of carboxylic acid groups (broad SMARTS) is 1. The third-order valence-electron chi connectivity index (χ3n) is 3.11. The van der Waals surface area contributed by atoms with E-state index in [1.807, 2.05) is 0 Å². The number of aromatic nitrogens is 2. The Bertz CT molecular complexity index is 393. The Morgan fingerprint density at radius 2 is 2.24 bits per heavy atom. The SMILES string of the molecule is O=C(O)c1ccc(NC2CCCC2CO)nn1. The lowest BCUT2D eigenvalue weighted by atomic mass is 10.1. The van der Waals surface area contributed by atoms with Crippen LogP contribution in [-0.4, -0.2) is 39.0 Å². The third kappa shape index (κ3) is 2.71. The molecule has 1 aromatic rings. The minimum Gasteiger partial charge on any atom is -0.476 e. The molecular formula is C11H15N3O3. The van der Waals surface area contributed by atoms with Crippen LogP contribution in [0, 0.1) is 5.92 Å². The highest BCUT2D eigenvalue weighted by molar-refractivity contribution is 5.85. The second-order valence-electron chi connectivity index (χ2n) is 4.23. The molecule has 0 saturated heterocycles. The summed E-state index contributed by atoms with van der Waals surface area (Å²) in [5.41, 5.74) is -0.0688. The number of rotatable bonds is 4. The van der Waals surface area contributed by atoms with Crippen LogP contribution in [0.3, 0.4) is 0 Å². The second-order valence-corrected chi connectivity index (χ2v) is 4.23. The molecule has 2 rings (SSSR count). The number of carbonyl (C=O) groups is 1. The van der Waals surface area contributed by atoms with Crippen LogP contribution in [0.25, 0.3) is 0 Å². The molecule has 0 radical (unpaired) electrons. The van der Waals surface area contributed by atoms with Crippen LogP contribution in [0.4, 0.5) is 5.82 Å². The average molecular weight is 237 g/mol. The first-order valence-electron chi connectivity index (χ1n) is 5.65. The molecule has 0 spiro atoms. The van der Waals surface area contributed by atoms with Gasteiger partial charge < -0.3 is 15.5 Å². The summed E-state index contributed by atoms with van der Waals surface area (Å²) in [4.78, 5) is 10.6. The summed E-state index contributed by atoms with van der Waals surface area (Å²) in [6.07, 6.45) is 3.09. The molecule has 6 heteroatoms. The van der Waals surface area contributed by atoms with E-state index in [0.29, 0.717) is 5.82 Å². The Morgan fingerprint density at radius 3 is 2.82 bits per heavy atom. The summed E-state index contributed by atoms with van der Waals surface area (Å²) >= 11 is 0. The maximum atomic E-state index is 10.6. The van der Waals surface area contributed by atoms with Crippen molar-refractivity contribution in [3.63, 3.8) is 0 Å². The standard InChI is InChI=1S/C11H15N3O3/c15-6-7-2-1-3-8(7)12-10-5-4-9(11(16)17)13-14-10/h4-5,7-8,15H,1-3,6H2,(H,12,14)(H,16,17). The van der Waals surface area contributed by atoms with Crippen LogP contribution in [0.15, 0.2) is 12.1 Å². The second kappa shape index (κ2) is 5.09. The highest BCUT2D eigenvalue weighted by Crippen LogP contribution is 2.27. The summed E-state index contributed by atoms with van der Waals surface area (Å²) in [5, 5.41) is 28.4. The van der Waals surface area contributed by atoms with E-state index < -0.39 is 5.97 Å². The van der Waals surface area contributed by atoms with Crippen molar-refractivity contribution in [2.24, 2.45) is 5.92 Å². The van der Waals surface area contributed by atoms with Gasteiger partial charge in [0.15, 0.2) is 5.69 Å². The Labute approximate surface area is 98.7 Å². The summed E-state index contributed by atoms with van der Waals surface area (Å²) in [5.74, 6) is -0.283. The minimum atomic E-state index is -1.09. The number of anilines is 1. The molecule has 1 aliphatic carbocycles. The van der Waals surface area contributed by atoms with Gasteiger partial charge in [-0.2, -0.15) is 0 Å². The number of nitrogens with one attached hydrogen (secondary N) is 1. The Balaban J connectivity index is 2.01. The quantitative estimate of drug-likeness (QED) is 0.715. The molecule has 1 heterocycles. The van der Waals surface area contributed by atoms with E-state index >= 15 is 0 Å². The van der Waals surface area contributed by atoms with E-state index in [9.17, 15) is 9.90 Å². The molecule has 1 saturated carbocycles. The monoisotopic (exact) mass is 237 g/mol. The van der Waals surface area contributed by atoms with E-state index in [0.717, 1.165) is 19.3 Å². The molecule has 0 aliphatic heterocycles. The Hall–Kier alpha value is -1.69. The van der Waals surface area contributed by atoms with Gasteiger partial charge in [0, 0.05) is 18.6 Å². The molecule has 0 aromatic carbocycles. The highest BCUT2D eigenvalue weighted by atomic mass is 16.4. The van der Waals surface area contributed by atoms with Crippen LogP contribution in [0.1, 0.15) is 29.8 Å². The summed E-state index contributed by atoms with van der Waals surface area (Å²) < 4.78 is 0. The fourth-order valence-electron chi connectivity index (χ4n) is 2.16. The average Bonchev–Trinajstić information content (AvgIpc) is 2.77. The largest absolute Gasteiger partial charge is 0.476 e. The van der Waals surface area contributed by atoms with Crippen LogP contribution < -0.4 is 5.32 Å². The predicted octanol–water partition coefficient (Wildman–Crippen LogP) is 0.748. The molecular weight excluding hydrogens is 222 g/mol. The summed E-state index contributed by atoms with van der Waals surface area (Å²) in [6, 6.07) is 3.22. The zero-order valence-corrected chi connectivity index (χ0v) is 9.33. The first-order valence-corrected chi connectivity index (χ1v) is 5.65. The van der Waals surface area contributed by atoms with Gasteiger partial charge >= 0.3 is 5.97 Å². The van der Waals surface area contributed by atoms with Crippen molar-refractivity contribution in [1.82, 2.24) is 10.2 Å². The Kier molecular flexibility index (Phi) is 3.53. The van der Waals surface area contributed by atoms with Crippen LogP contribution in [-0.2, 0) is 0 Å². The zero-order valence-electron chi connectivity index (χ0n) is 9.33. The summed E-state index contributed by atoms with van der Waals surface area (Å²) in [7, 11) is 0. The van der Waals surface area contributed by atoms with Gasteiger partial charge in [0.05, 0.1) is 0 Å². The molecule has 2 atom stereocenters. The van der Waals surface area contributed by atoms with Crippen LogP contribution >= 0.6 is 0 Å². The molecule has 0 bridgehead atoms. The van der Waals surface area contributed by atoms with Gasteiger partial charge in [-0.1, -0.05) is 6.42 Å². The number of aliphatic hydroxyl groups is 1. The molecule has 1 aliphatic rings. The number of hydrogen-bond acceptors (Lipinski definition) is 5. The number of nitrogens with zero attached hydrogens (tertiary/aromatic N) is 2. The van der Waals surface area contributed by atoms with E-state index in [2.05, 4.69) is 15.5 Å². The predicted molar refractivity (Wildman–Crippen MR) is 60.8 cm³/mol. The van der Waals surface area contributed by atoms with Crippen molar-refractivity contribution in [3.05, 3.63) is 17.8 Å². The molecule has 1 fully saturated rings. The summed E-state index contributed by atoms with van der Waals surface area (Å²) in [6.45, 7) is 0.165. The van der Waals surface area contributed by atoms with Gasteiger partial charge in [0.2, 0.25) is 0 Å². The maximum absolute atomic E-state index is 10.6. The Morgan fingerprint density at radius 1 is 1.41 bits per heavy atom. The third-order valence-corrected chi connectivity index (χ3v) is 3.11. The van der Waals surface area contributed by atoms with Crippen LogP contribution in [0.2, 0.25) is 0 Å². The van der Waals surface area contributed by atoms with Crippen molar-refractivity contribution in [2.45, 2.75) is 25.3 Å². The van der Waals surface area contributed by atoms with Crippen molar-refractivity contribution >= 4 is 11.8 Å². The first-order chi connectivity index (χ1) is 8.20. The van der Waals surface area contributed by atoms with E-state index in [1.165, 1.54) is 6.07 Å². The lowest BCUT2D eigenvalue weighted by molar-refractivity contribution is 0.0689. The smallest absolute Gasteiger partial charge is 0.356 e. The van der Waals surface area contributed by atoms with Crippen molar-refractivity contribution in [2.75, 3.05) is 11.9 Å². The highest BCUT2D eigenvalue weighted by Gasteiger charge is 2.26. The van der Waals surface area contributed by atoms with Gasteiger partial charge in [0.1, 0.15) is 5.82 Å². The normalized spacial score (nSPS) is 23.6. The van der Waals surface area contributed by atoms with E-state index in [4.69, 9.17) is 5.11 Å². The van der Waals surface area contributed by atoms with Crippen molar-refractivity contribution in [3.8, 4) is 0 Å². The maximum Gasteiger partial charge on any atom is 0.356 e. The zero-order chi connectivity index (χ0) is 12.3. The van der Waals surface area contributed by atoms with Crippen molar-refractivity contribution in [1.29, 1.82) is 0 Å². The fraction of sp³-hybridized carbons (Fsp3) is 0.545. The number of hydrogen-bond donors (Lipinski definition) is 3. The number of aromatic carboxylic acids is 1. The van der Waals surface area contributed by atoms with Gasteiger partial charge in [-0.25, -0.2) is 4.79 Å². The fourth-order valence-corrected chi connectivity index (χ4v) is 2.16. The van der Waals surface area contributed by atoms with Crippen molar-refractivity contribution < 1.29 is 15.0 Å². The molecule has 3 N–H and O–H groups in total. The molecule has 0 amide bonds. The molecule has 92 valence electrons. The van der Waals surface area contributed by atoms with Gasteiger partial charge in [-0.3, -0.25) is 0 Å². The van der Waals surface area contributed by atoms with Gasteiger partial charge in [-0.05, 0) is 25.0 Å².